The molecular formula is C19H23N3O2. The van der Waals surface area contributed by atoms with E-state index in [0.717, 1.165) is 49.7 Å². The Labute approximate surface area is 142 Å². The fourth-order valence-corrected chi connectivity index (χ4v) is 3.80. The summed E-state index contributed by atoms with van der Waals surface area (Å²) in [6, 6.07) is 10.5. The molecule has 1 saturated carbocycles. The Hall–Kier alpha value is -1.98. The molecule has 2 fully saturated rings. The Morgan fingerprint density at radius 2 is 2.21 bits per heavy atom. The van der Waals surface area contributed by atoms with E-state index in [4.69, 9.17) is 9.47 Å². The predicted octanol–water partition coefficient (Wildman–Crippen LogP) is 2.60. The number of fused-ring (bicyclic) bond motifs is 1. The summed E-state index contributed by atoms with van der Waals surface area (Å²) in [6.45, 7) is 4.63. The van der Waals surface area contributed by atoms with Crippen LogP contribution in [0.2, 0.25) is 0 Å². The molecule has 0 spiro atoms. The average molecular weight is 325 g/mol. The Morgan fingerprint density at radius 3 is 3.04 bits per heavy atom. The molecule has 2 aliphatic rings. The van der Waals surface area contributed by atoms with E-state index in [9.17, 15) is 0 Å². The van der Waals surface area contributed by atoms with Gasteiger partial charge in [-0.15, -0.1) is 0 Å². The molecule has 0 amide bonds. The van der Waals surface area contributed by atoms with Gasteiger partial charge in [0.1, 0.15) is 18.0 Å². The fourth-order valence-electron chi connectivity index (χ4n) is 3.80. The van der Waals surface area contributed by atoms with Crippen molar-refractivity contribution in [3.8, 4) is 5.75 Å². The molecule has 2 aromatic rings. The maximum absolute atomic E-state index is 6.13. The molecular weight excluding hydrogens is 302 g/mol. The van der Waals surface area contributed by atoms with Gasteiger partial charge in [-0.2, -0.15) is 0 Å². The van der Waals surface area contributed by atoms with Gasteiger partial charge in [0.15, 0.2) is 0 Å². The zero-order chi connectivity index (χ0) is 16.4. The van der Waals surface area contributed by atoms with E-state index in [2.05, 4.69) is 27.0 Å². The normalized spacial score (nSPS) is 27.0. The lowest BCUT2D eigenvalue weighted by molar-refractivity contribution is -0.0919. The number of morpholine rings is 1. The molecule has 3 atom stereocenters. The minimum Gasteiger partial charge on any atom is -0.486 e. The highest BCUT2D eigenvalue weighted by Crippen LogP contribution is 2.33. The number of rotatable bonds is 4. The summed E-state index contributed by atoms with van der Waals surface area (Å²) in [5.74, 6) is 0.823. The molecule has 5 heteroatoms. The highest BCUT2D eigenvalue weighted by Gasteiger charge is 2.44. The van der Waals surface area contributed by atoms with E-state index in [1.165, 1.54) is 0 Å². The van der Waals surface area contributed by atoms with Gasteiger partial charge in [0.2, 0.25) is 0 Å². The molecule has 24 heavy (non-hydrogen) atoms. The maximum atomic E-state index is 6.13. The number of aromatic nitrogens is 2. The van der Waals surface area contributed by atoms with Gasteiger partial charge >= 0.3 is 0 Å². The van der Waals surface area contributed by atoms with E-state index in [1.807, 2.05) is 25.1 Å². The smallest absolute Gasteiger partial charge is 0.138 e. The molecule has 2 aromatic heterocycles. The minimum absolute atomic E-state index is 0.104. The summed E-state index contributed by atoms with van der Waals surface area (Å²) in [5, 5.41) is 0. The van der Waals surface area contributed by atoms with Crippen molar-refractivity contribution in [3.63, 3.8) is 0 Å². The lowest BCUT2D eigenvalue weighted by Gasteiger charge is -2.38. The first-order valence-electron chi connectivity index (χ1n) is 8.64. The van der Waals surface area contributed by atoms with Crippen LogP contribution in [-0.2, 0) is 11.3 Å². The predicted molar refractivity (Wildman–Crippen MR) is 90.8 cm³/mol. The van der Waals surface area contributed by atoms with Gasteiger partial charge < -0.3 is 9.47 Å². The van der Waals surface area contributed by atoms with Crippen molar-refractivity contribution >= 4 is 0 Å². The molecule has 0 N–H and O–H groups in total. The van der Waals surface area contributed by atoms with Gasteiger partial charge in [-0.05, 0) is 44.0 Å². The molecule has 0 aromatic carbocycles. The highest BCUT2D eigenvalue weighted by atomic mass is 16.5. The number of nitrogens with zero attached hydrogens (tertiary/aromatic N) is 3. The number of hydrogen-bond donors (Lipinski definition) is 0. The van der Waals surface area contributed by atoms with Gasteiger partial charge in [-0.25, -0.2) is 0 Å². The topological polar surface area (TPSA) is 47.5 Å². The van der Waals surface area contributed by atoms with E-state index in [0.29, 0.717) is 6.04 Å². The van der Waals surface area contributed by atoms with Crippen LogP contribution in [0.15, 0.2) is 42.7 Å². The molecule has 0 bridgehead atoms. The minimum atomic E-state index is 0.104. The third kappa shape index (κ3) is 3.28. The summed E-state index contributed by atoms with van der Waals surface area (Å²) in [4.78, 5) is 11.3. The van der Waals surface area contributed by atoms with Crippen molar-refractivity contribution < 1.29 is 9.47 Å². The number of aryl methyl sites for hydroxylation is 1. The lowest BCUT2D eigenvalue weighted by Crippen LogP contribution is -2.51. The largest absolute Gasteiger partial charge is 0.486 e. The van der Waals surface area contributed by atoms with Crippen LogP contribution in [0.4, 0.5) is 0 Å². The van der Waals surface area contributed by atoms with Crippen molar-refractivity contribution in [2.45, 2.75) is 44.6 Å². The maximum Gasteiger partial charge on any atom is 0.138 e. The second-order valence-corrected chi connectivity index (χ2v) is 6.57. The fraction of sp³-hybridized carbons (Fsp3) is 0.474. The zero-order valence-corrected chi connectivity index (χ0v) is 14.0. The summed E-state index contributed by atoms with van der Waals surface area (Å²) in [7, 11) is 0. The van der Waals surface area contributed by atoms with Crippen LogP contribution in [0.5, 0.6) is 5.75 Å². The Balaban J connectivity index is 1.44. The van der Waals surface area contributed by atoms with Crippen LogP contribution in [-0.4, -0.2) is 46.3 Å². The quantitative estimate of drug-likeness (QED) is 0.865. The van der Waals surface area contributed by atoms with E-state index >= 15 is 0 Å². The summed E-state index contributed by atoms with van der Waals surface area (Å²) >= 11 is 0. The van der Waals surface area contributed by atoms with Crippen molar-refractivity contribution in [2.75, 3.05) is 13.2 Å². The van der Waals surface area contributed by atoms with Crippen LogP contribution < -0.4 is 4.74 Å². The van der Waals surface area contributed by atoms with Gasteiger partial charge in [-0.3, -0.25) is 14.9 Å². The van der Waals surface area contributed by atoms with E-state index < -0.39 is 0 Å². The van der Waals surface area contributed by atoms with Crippen molar-refractivity contribution in [2.24, 2.45) is 0 Å². The Morgan fingerprint density at radius 1 is 1.25 bits per heavy atom. The molecule has 126 valence electrons. The first kappa shape index (κ1) is 15.5. The van der Waals surface area contributed by atoms with E-state index in [-0.39, 0.29) is 12.2 Å². The third-order valence-electron chi connectivity index (χ3n) is 4.88. The SMILES string of the molecule is Cc1cccc(CN2CCO[C@H]3[C@H]2CC[C@H]3Oc2cccnc2)n1. The van der Waals surface area contributed by atoms with Crippen LogP contribution >= 0.6 is 0 Å². The first-order chi connectivity index (χ1) is 11.8. The molecule has 1 aliphatic heterocycles. The molecule has 1 aliphatic carbocycles. The Bertz CT molecular complexity index is 679. The highest BCUT2D eigenvalue weighted by molar-refractivity contribution is 5.17. The zero-order valence-electron chi connectivity index (χ0n) is 14.0. The molecule has 0 unspecified atom stereocenters. The van der Waals surface area contributed by atoms with Crippen LogP contribution in [0.25, 0.3) is 0 Å². The summed E-state index contributed by atoms with van der Waals surface area (Å²) < 4.78 is 12.2. The van der Waals surface area contributed by atoms with Crippen LogP contribution in [0.3, 0.4) is 0 Å². The van der Waals surface area contributed by atoms with Crippen molar-refractivity contribution in [1.82, 2.24) is 14.9 Å². The van der Waals surface area contributed by atoms with Gasteiger partial charge in [0.05, 0.1) is 18.5 Å². The molecule has 3 heterocycles. The molecule has 5 nitrogen and oxygen atoms in total. The van der Waals surface area contributed by atoms with Crippen LogP contribution in [0.1, 0.15) is 24.2 Å². The number of ether oxygens (including phenoxy) is 2. The summed E-state index contributed by atoms with van der Waals surface area (Å²) in [5.41, 5.74) is 2.20. The average Bonchev–Trinajstić information content (AvgIpc) is 3.00. The second kappa shape index (κ2) is 6.87. The molecule has 4 rings (SSSR count). The number of hydrogen-bond acceptors (Lipinski definition) is 5. The van der Waals surface area contributed by atoms with Crippen molar-refractivity contribution in [1.29, 1.82) is 0 Å². The standard InChI is InChI=1S/C19H23N3O2/c1-14-4-2-5-15(21-14)13-22-10-11-23-19-17(22)7-8-18(19)24-16-6-3-9-20-12-16/h2-6,9,12,17-19H,7-8,10-11,13H2,1H3/t17-,18-,19+/m1/s1. The van der Waals surface area contributed by atoms with Gasteiger partial charge in [-0.1, -0.05) is 6.07 Å². The summed E-state index contributed by atoms with van der Waals surface area (Å²) in [6.07, 6.45) is 5.88. The van der Waals surface area contributed by atoms with Gasteiger partial charge in [0.25, 0.3) is 0 Å². The van der Waals surface area contributed by atoms with Gasteiger partial charge in [0, 0.05) is 31.0 Å². The lowest BCUT2D eigenvalue weighted by atomic mass is 10.1. The number of pyridine rings is 2. The third-order valence-corrected chi connectivity index (χ3v) is 4.88. The molecule has 1 saturated heterocycles. The monoisotopic (exact) mass is 325 g/mol. The van der Waals surface area contributed by atoms with E-state index in [1.54, 1.807) is 12.4 Å². The van der Waals surface area contributed by atoms with Crippen LogP contribution in [0, 0.1) is 6.92 Å². The second-order valence-electron chi connectivity index (χ2n) is 6.57. The van der Waals surface area contributed by atoms with Crippen molar-refractivity contribution in [3.05, 3.63) is 54.1 Å². The first-order valence-corrected chi connectivity index (χ1v) is 8.64. The Kier molecular flexibility index (Phi) is 4.45. The molecule has 0 radical (unpaired) electrons.